The Bertz CT molecular complexity index is 726. The van der Waals surface area contributed by atoms with E-state index in [9.17, 15) is 8.42 Å². The zero-order chi connectivity index (χ0) is 15.5. The molecule has 0 unspecified atom stereocenters. The highest BCUT2D eigenvalue weighted by molar-refractivity contribution is 9.10. The van der Waals surface area contributed by atoms with Gasteiger partial charge in [0.2, 0.25) is 0 Å². The van der Waals surface area contributed by atoms with E-state index in [0.29, 0.717) is 5.82 Å². The van der Waals surface area contributed by atoms with Gasteiger partial charge in [0.25, 0.3) is 10.0 Å². The summed E-state index contributed by atoms with van der Waals surface area (Å²) in [6.07, 6.45) is 2.52. The van der Waals surface area contributed by atoms with Crippen LogP contribution in [0.25, 0.3) is 0 Å². The van der Waals surface area contributed by atoms with Crippen molar-refractivity contribution in [2.75, 3.05) is 0 Å². The average molecular weight is 372 g/mol. The van der Waals surface area contributed by atoms with Crippen molar-refractivity contribution < 1.29 is 8.42 Å². The van der Waals surface area contributed by atoms with Gasteiger partial charge in [-0.2, -0.15) is 0 Å². The number of aryl methyl sites for hydroxylation is 2. The molecule has 1 heterocycles. The van der Waals surface area contributed by atoms with Gasteiger partial charge in [-0.1, -0.05) is 35.0 Å². The number of nitrogens with one attached hydrogen (secondary N) is 1. The van der Waals surface area contributed by atoms with Crippen molar-refractivity contribution in [3.05, 3.63) is 46.3 Å². The molecule has 0 spiro atoms. The largest absolute Gasteiger partial charge is 0.334 e. The van der Waals surface area contributed by atoms with Crippen molar-refractivity contribution in [3.63, 3.8) is 0 Å². The summed E-state index contributed by atoms with van der Waals surface area (Å²) in [5.74, 6) is 0.708. The van der Waals surface area contributed by atoms with E-state index in [4.69, 9.17) is 0 Å². The van der Waals surface area contributed by atoms with Crippen molar-refractivity contribution >= 4 is 26.0 Å². The fourth-order valence-corrected chi connectivity index (χ4v) is 3.44. The molecule has 0 saturated heterocycles. The van der Waals surface area contributed by atoms with E-state index >= 15 is 0 Å². The Morgan fingerprint density at radius 1 is 1.38 bits per heavy atom. The average Bonchev–Trinajstić information content (AvgIpc) is 2.80. The van der Waals surface area contributed by atoms with E-state index in [-0.39, 0.29) is 11.6 Å². The van der Waals surface area contributed by atoms with Crippen molar-refractivity contribution in [2.45, 2.75) is 38.4 Å². The maximum absolute atomic E-state index is 12.3. The summed E-state index contributed by atoms with van der Waals surface area (Å²) in [6.45, 7) is 4.85. The maximum atomic E-state index is 12.3. The molecule has 0 fully saturated rings. The van der Waals surface area contributed by atoms with Crippen LogP contribution >= 0.6 is 15.9 Å². The summed E-state index contributed by atoms with van der Waals surface area (Å²) in [5, 5.41) is 0.0726. The first-order valence-electron chi connectivity index (χ1n) is 6.70. The predicted molar refractivity (Wildman–Crippen MR) is 85.4 cm³/mol. The highest BCUT2D eigenvalue weighted by Crippen LogP contribution is 2.13. The van der Waals surface area contributed by atoms with Gasteiger partial charge in [-0.15, -0.1) is 0 Å². The van der Waals surface area contributed by atoms with E-state index in [0.717, 1.165) is 23.0 Å². The number of rotatable bonds is 6. The lowest BCUT2D eigenvalue weighted by molar-refractivity contribution is 0.577. The molecule has 1 aromatic heterocycles. The van der Waals surface area contributed by atoms with Crippen LogP contribution in [-0.4, -0.2) is 18.0 Å². The summed E-state index contributed by atoms with van der Waals surface area (Å²) >= 11 is 3.36. The highest BCUT2D eigenvalue weighted by atomic mass is 79.9. The SMILES string of the molecule is CCCn1cc(S(=O)(=O)NCc2cccc(Br)c2)nc1C. The molecule has 21 heavy (non-hydrogen) atoms. The first-order chi connectivity index (χ1) is 9.92. The maximum Gasteiger partial charge on any atom is 0.259 e. The van der Waals surface area contributed by atoms with Crippen LogP contribution in [0.15, 0.2) is 40.0 Å². The molecule has 7 heteroatoms. The minimum absolute atomic E-state index is 0.0726. The Balaban J connectivity index is 2.13. The van der Waals surface area contributed by atoms with E-state index < -0.39 is 10.0 Å². The van der Waals surface area contributed by atoms with Gasteiger partial charge >= 0.3 is 0 Å². The van der Waals surface area contributed by atoms with E-state index in [2.05, 4.69) is 25.6 Å². The van der Waals surface area contributed by atoms with Crippen LogP contribution in [0, 0.1) is 6.92 Å². The van der Waals surface area contributed by atoms with Crippen LogP contribution in [-0.2, 0) is 23.1 Å². The van der Waals surface area contributed by atoms with E-state index in [1.807, 2.05) is 42.7 Å². The Kier molecular flexibility index (Phi) is 5.18. The van der Waals surface area contributed by atoms with Crippen molar-refractivity contribution in [3.8, 4) is 0 Å². The second-order valence-corrected chi connectivity index (χ2v) is 7.40. The Hall–Kier alpha value is -1.18. The number of nitrogens with zero attached hydrogens (tertiary/aromatic N) is 2. The minimum Gasteiger partial charge on any atom is -0.334 e. The summed E-state index contributed by atoms with van der Waals surface area (Å²) < 4.78 is 29.9. The molecule has 5 nitrogen and oxygen atoms in total. The third-order valence-corrected chi connectivity index (χ3v) is 4.81. The van der Waals surface area contributed by atoms with Gasteiger partial charge in [0.05, 0.1) is 0 Å². The first kappa shape index (κ1) is 16.2. The smallest absolute Gasteiger partial charge is 0.259 e. The fourth-order valence-electron chi connectivity index (χ4n) is 1.98. The van der Waals surface area contributed by atoms with Crippen LogP contribution in [0.2, 0.25) is 0 Å². The summed E-state index contributed by atoms with van der Waals surface area (Å²) in [7, 11) is -3.59. The predicted octanol–water partition coefficient (Wildman–Crippen LogP) is 2.84. The molecule has 114 valence electrons. The van der Waals surface area contributed by atoms with Gasteiger partial charge in [-0.05, 0) is 31.0 Å². The number of sulfonamides is 1. The lowest BCUT2D eigenvalue weighted by Crippen LogP contribution is -2.23. The monoisotopic (exact) mass is 371 g/mol. The summed E-state index contributed by atoms with van der Waals surface area (Å²) in [5.41, 5.74) is 0.887. The lowest BCUT2D eigenvalue weighted by atomic mass is 10.2. The molecule has 0 saturated carbocycles. The Morgan fingerprint density at radius 2 is 2.14 bits per heavy atom. The second-order valence-electron chi connectivity index (χ2n) is 4.77. The topological polar surface area (TPSA) is 64.0 Å². The molecule has 0 aliphatic heterocycles. The number of hydrogen-bond donors (Lipinski definition) is 1. The van der Waals surface area contributed by atoms with Crippen molar-refractivity contribution in [1.29, 1.82) is 0 Å². The van der Waals surface area contributed by atoms with Crippen LogP contribution in [0.4, 0.5) is 0 Å². The quantitative estimate of drug-likeness (QED) is 0.848. The molecule has 0 bridgehead atoms. The molecule has 0 radical (unpaired) electrons. The van der Waals surface area contributed by atoms with Crippen LogP contribution < -0.4 is 4.72 Å². The summed E-state index contributed by atoms with van der Waals surface area (Å²) in [4.78, 5) is 4.13. The van der Waals surface area contributed by atoms with E-state index in [1.165, 1.54) is 0 Å². The van der Waals surface area contributed by atoms with Crippen LogP contribution in [0.1, 0.15) is 24.7 Å². The zero-order valence-corrected chi connectivity index (χ0v) is 14.4. The van der Waals surface area contributed by atoms with Crippen molar-refractivity contribution in [2.24, 2.45) is 0 Å². The van der Waals surface area contributed by atoms with E-state index in [1.54, 1.807) is 6.20 Å². The lowest BCUT2D eigenvalue weighted by Gasteiger charge is -2.05. The number of imidazole rings is 1. The Morgan fingerprint density at radius 3 is 2.81 bits per heavy atom. The molecule has 2 rings (SSSR count). The van der Waals surface area contributed by atoms with Gasteiger partial charge in [-0.25, -0.2) is 18.1 Å². The standard InChI is InChI=1S/C14H18BrN3O2S/c1-3-7-18-10-14(17-11(18)2)21(19,20)16-9-12-5-4-6-13(15)8-12/h4-6,8,10,16H,3,7,9H2,1-2H3. The number of hydrogen-bond acceptors (Lipinski definition) is 3. The highest BCUT2D eigenvalue weighted by Gasteiger charge is 2.18. The summed E-state index contributed by atoms with van der Waals surface area (Å²) in [6, 6.07) is 7.51. The van der Waals surface area contributed by atoms with Crippen LogP contribution in [0.3, 0.4) is 0 Å². The molecule has 0 aliphatic rings. The molecular formula is C14H18BrN3O2S. The molecule has 0 atom stereocenters. The van der Waals surface area contributed by atoms with Gasteiger partial charge in [0, 0.05) is 23.8 Å². The van der Waals surface area contributed by atoms with Crippen molar-refractivity contribution in [1.82, 2.24) is 14.3 Å². The van der Waals surface area contributed by atoms with Crippen LogP contribution in [0.5, 0.6) is 0 Å². The second kappa shape index (κ2) is 6.72. The number of aromatic nitrogens is 2. The third-order valence-electron chi connectivity index (χ3n) is 3.05. The zero-order valence-electron chi connectivity index (χ0n) is 12.0. The fraction of sp³-hybridized carbons (Fsp3) is 0.357. The third kappa shape index (κ3) is 4.15. The molecule has 1 aromatic carbocycles. The molecule has 1 N–H and O–H groups in total. The minimum atomic E-state index is -3.59. The van der Waals surface area contributed by atoms with Gasteiger partial charge in [0.1, 0.15) is 5.82 Å². The number of benzene rings is 1. The van der Waals surface area contributed by atoms with Gasteiger partial charge < -0.3 is 4.57 Å². The molecular weight excluding hydrogens is 354 g/mol. The van der Waals surface area contributed by atoms with Gasteiger partial charge in [0.15, 0.2) is 5.03 Å². The molecule has 0 amide bonds. The first-order valence-corrected chi connectivity index (χ1v) is 8.98. The normalized spacial score (nSPS) is 11.8. The van der Waals surface area contributed by atoms with Gasteiger partial charge in [-0.3, -0.25) is 0 Å². The molecule has 2 aromatic rings. The number of halogens is 1. The Labute approximate surface area is 133 Å². The molecule has 0 aliphatic carbocycles.